The summed E-state index contributed by atoms with van der Waals surface area (Å²) < 4.78 is 5.76. The maximum Gasteiger partial charge on any atom is 0.354 e. The number of aromatic carboxylic acids is 1. The van der Waals surface area contributed by atoms with E-state index < -0.39 is 5.97 Å². The number of carboxylic acids is 1. The number of aromatic nitrogens is 1. The number of ether oxygens (including phenoxy) is 1. The molecule has 0 aliphatic heterocycles. The summed E-state index contributed by atoms with van der Waals surface area (Å²) in [4.78, 5) is 16.3. The molecule has 0 radical (unpaired) electrons. The van der Waals surface area contributed by atoms with E-state index in [4.69, 9.17) is 9.84 Å². The van der Waals surface area contributed by atoms with Crippen molar-refractivity contribution >= 4 is 28.2 Å². The van der Waals surface area contributed by atoms with Gasteiger partial charge < -0.3 is 9.84 Å². The molecule has 20 heavy (non-hydrogen) atoms. The third-order valence-corrected chi connectivity index (χ3v) is 3.70. The number of benzene rings is 1. The first-order valence-electron chi connectivity index (χ1n) is 6.02. The standard InChI is InChI=1S/C15H11NO3S/c17-15(18)13-8-14(19-9-10-4-3-7-20-10)11-5-1-2-6-12(11)16-13/h1-8H,9H2,(H,17,18). The van der Waals surface area contributed by atoms with Crippen LogP contribution in [0.4, 0.5) is 0 Å². The highest BCUT2D eigenvalue weighted by molar-refractivity contribution is 7.09. The van der Waals surface area contributed by atoms with E-state index in [9.17, 15) is 4.79 Å². The summed E-state index contributed by atoms with van der Waals surface area (Å²) >= 11 is 1.60. The fourth-order valence-electron chi connectivity index (χ4n) is 1.92. The summed E-state index contributed by atoms with van der Waals surface area (Å²) in [5.41, 5.74) is 0.610. The van der Waals surface area contributed by atoms with Crippen LogP contribution in [0.15, 0.2) is 47.8 Å². The van der Waals surface area contributed by atoms with Crippen molar-refractivity contribution in [2.45, 2.75) is 6.61 Å². The van der Waals surface area contributed by atoms with Gasteiger partial charge in [-0.3, -0.25) is 0 Å². The molecule has 0 aliphatic rings. The van der Waals surface area contributed by atoms with Crippen molar-refractivity contribution in [2.75, 3.05) is 0 Å². The average Bonchev–Trinajstić information content (AvgIpc) is 2.97. The Labute approximate surface area is 119 Å². The van der Waals surface area contributed by atoms with Crippen molar-refractivity contribution in [1.82, 2.24) is 4.98 Å². The summed E-state index contributed by atoms with van der Waals surface area (Å²) in [5, 5.41) is 11.9. The van der Waals surface area contributed by atoms with Gasteiger partial charge in [0.25, 0.3) is 0 Å². The van der Waals surface area contributed by atoms with Crippen LogP contribution in [0, 0.1) is 0 Å². The molecule has 0 unspecified atom stereocenters. The van der Waals surface area contributed by atoms with Gasteiger partial charge in [-0.1, -0.05) is 18.2 Å². The summed E-state index contributed by atoms with van der Waals surface area (Å²) in [6.45, 7) is 0.421. The first kappa shape index (κ1) is 12.6. The number of hydrogen-bond donors (Lipinski definition) is 1. The highest BCUT2D eigenvalue weighted by Crippen LogP contribution is 2.26. The van der Waals surface area contributed by atoms with Gasteiger partial charge in [-0.2, -0.15) is 0 Å². The van der Waals surface area contributed by atoms with E-state index in [2.05, 4.69) is 4.98 Å². The fourth-order valence-corrected chi connectivity index (χ4v) is 2.53. The number of thiophene rings is 1. The number of carbonyl (C=O) groups is 1. The molecule has 4 nitrogen and oxygen atoms in total. The van der Waals surface area contributed by atoms with Crippen molar-refractivity contribution in [3.8, 4) is 5.75 Å². The molecular formula is C15H11NO3S. The van der Waals surface area contributed by atoms with E-state index in [0.717, 1.165) is 10.3 Å². The van der Waals surface area contributed by atoms with Crippen LogP contribution in [0.25, 0.3) is 10.9 Å². The zero-order valence-electron chi connectivity index (χ0n) is 10.4. The molecule has 1 aromatic carbocycles. The van der Waals surface area contributed by atoms with Gasteiger partial charge in [-0.25, -0.2) is 9.78 Å². The maximum atomic E-state index is 11.1. The van der Waals surface area contributed by atoms with Gasteiger partial charge in [0.05, 0.1) is 5.52 Å². The van der Waals surface area contributed by atoms with Crippen LogP contribution in [-0.4, -0.2) is 16.1 Å². The summed E-state index contributed by atoms with van der Waals surface area (Å²) in [6, 6.07) is 12.8. The van der Waals surface area contributed by atoms with Crippen molar-refractivity contribution < 1.29 is 14.6 Å². The van der Waals surface area contributed by atoms with Crippen LogP contribution in [-0.2, 0) is 6.61 Å². The van der Waals surface area contributed by atoms with E-state index in [0.29, 0.717) is 17.9 Å². The van der Waals surface area contributed by atoms with Gasteiger partial charge in [-0.15, -0.1) is 11.3 Å². The molecule has 3 aromatic rings. The van der Waals surface area contributed by atoms with Gasteiger partial charge in [0.1, 0.15) is 12.4 Å². The lowest BCUT2D eigenvalue weighted by atomic mass is 10.2. The Hall–Kier alpha value is -2.40. The van der Waals surface area contributed by atoms with Gasteiger partial charge in [-0.05, 0) is 23.6 Å². The van der Waals surface area contributed by atoms with E-state index in [-0.39, 0.29) is 5.69 Å². The Balaban J connectivity index is 2.00. The Morgan fingerprint density at radius 1 is 1.25 bits per heavy atom. The largest absolute Gasteiger partial charge is 0.487 e. The van der Waals surface area contributed by atoms with E-state index in [1.165, 1.54) is 6.07 Å². The first-order valence-corrected chi connectivity index (χ1v) is 6.90. The minimum Gasteiger partial charge on any atom is -0.487 e. The number of carboxylic acid groups (broad SMARTS) is 1. The van der Waals surface area contributed by atoms with Crippen LogP contribution < -0.4 is 4.74 Å². The molecule has 0 aliphatic carbocycles. The van der Waals surface area contributed by atoms with Crippen molar-refractivity contribution in [1.29, 1.82) is 0 Å². The summed E-state index contributed by atoms with van der Waals surface area (Å²) in [6.07, 6.45) is 0. The van der Waals surface area contributed by atoms with Gasteiger partial charge >= 0.3 is 5.97 Å². The third kappa shape index (κ3) is 2.48. The van der Waals surface area contributed by atoms with E-state index >= 15 is 0 Å². The van der Waals surface area contributed by atoms with Crippen LogP contribution in [0.3, 0.4) is 0 Å². The summed E-state index contributed by atoms with van der Waals surface area (Å²) in [7, 11) is 0. The molecule has 2 aromatic heterocycles. The quantitative estimate of drug-likeness (QED) is 0.796. The molecule has 0 bridgehead atoms. The molecule has 0 spiro atoms. The maximum absolute atomic E-state index is 11.1. The van der Waals surface area contributed by atoms with Gasteiger partial charge in [0, 0.05) is 16.3 Å². The number of nitrogens with zero attached hydrogens (tertiary/aromatic N) is 1. The lowest BCUT2D eigenvalue weighted by molar-refractivity contribution is 0.0690. The lowest BCUT2D eigenvalue weighted by Crippen LogP contribution is -2.02. The highest BCUT2D eigenvalue weighted by atomic mass is 32.1. The molecule has 100 valence electrons. The lowest BCUT2D eigenvalue weighted by Gasteiger charge is -2.09. The predicted molar refractivity (Wildman–Crippen MR) is 77.4 cm³/mol. The zero-order chi connectivity index (χ0) is 13.9. The molecule has 0 atom stereocenters. The van der Waals surface area contributed by atoms with Crippen LogP contribution >= 0.6 is 11.3 Å². The third-order valence-electron chi connectivity index (χ3n) is 2.85. The number of hydrogen-bond acceptors (Lipinski definition) is 4. The topological polar surface area (TPSA) is 59.4 Å². The van der Waals surface area contributed by atoms with Crippen molar-refractivity contribution in [3.05, 3.63) is 58.4 Å². The van der Waals surface area contributed by atoms with Crippen molar-refractivity contribution in [3.63, 3.8) is 0 Å². The van der Waals surface area contributed by atoms with Crippen LogP contribution in [0.1, 0.15) is 15.4 Å². The molecular weight excluding hydrogens is 274 g/mol. The smallest absolute Gasteiger partial charge is 0.354 e. The normalized spacial score (nSPS) is 10.6. The average molecular weight is 285 g/mol. The molecule has 0 amide bonds. The van der Waals surface area contributed by atoms with Crippen LogP contribution in [0.2, 0.25) is 0 Å². The molecule has 5 heteroatoms. The molecule has 0 fully saturated rings. The second-order valence-electron chi connectivity index (χ2n) is 4.20. The number of pyridine rings is 1. The fraction of sp³-hybridized carbons (Fsp3) is 0.0667. The SMILES string of the molecule is O=C(O)c1cc(OCc2cccs2)c2ccccc2n1. The predicted octanol–water partition coefficient (Wildman–Crippen LogP) is 3.57. The number of para-hydroxylation sites is 1. The second-order valence-corrected chi connectivity index (χ2v) is 5.23. The Kier molecular flexibility index (Phi) is 3.35. The van der Waals surface area contributed by atoms with Crippen LogP contribution in [0.5, 0.6) is 5.75 Å². The second kappa shape index (κ2) is 5.30. The monoisotopic (exact) mass is 285 g/mol. The Morgan fingerprint density at radius 3 is 2.85 bits per heavy atom. The van der Waals surface area contributed by atoms with E-state index in [1.807, 2.05) is 35.7 Å². The molecule has 2 heterocycles. The number of rotatable bonds is 4. The Morgan fingerprint density at radius 2 is 2.10 bits per heavy atom. The zero-order valence-corrected chi connectivity index (χ0v) is 11.3. The highest BCUT2D eigenvalue weighted by Gasteiger charge is 2.11. The molecule has 0 saturated heterocycles. The Bertz CT molecular complexity index is 753. The van der Waals surface area contributed by atoms with Gasteiger partial charge in [0.15, 0.2) is 5.69 Å². The first-order chi connectivity index (χ1) is 9.74. The minimum atomic E-state index is -1.06. The molecule has 1 N–H and O–H groups in total. The summed E-state index contributed by atoms with van der Waals surface area (Å²) in [5.74, 6) is -0.516. The number of fused-ring (bicyclic) bond motifs is 1. The molecule has 3 rings (SSSR count). The minimum absolute atomic E-state index is 0.00937. The van der Waals surface area contributed by atoms with E-state index in [1.54, 1.807) is 17.4 Å². The van der Waals surface area contributed by atoms with Crippen molar-refractivity contribution in [2.24, 2.45) is 0 Å². The van der Waals surface area contributed by atoms with Gasteiger partial charge in [0.2, 0.25) is 0 Å². The molecule has 0 saturated carbocycles.